The fourth-order valence-electron chi connectivity index (χ4n) is 3.58. The summed E-state index contributed by atoms with van der Waals surface area (Å²) in [5, 5.41) is 11.6. The van der Waals surface area contributed by atoms with Crippen LogP contribution in [-0.4, -0.2) is 29.2 Å². The number of carbonyl (C=O) groups is 1. The number of benzene rings is 2. The Morgan fingerprint density at radius 3 is 2.48 bits per heavy atom. The van der Waals surface area contributed by atoms with Gasteiger partial charge in [0.1, 0.15) is 6.04 Å². The number of aromatic nitrogens is 2. The Hall–Kier alpha value is -3.15. The molecule has 1 N–H and O–H groups in total. The molecule has 1 aromatic heterocycles. The van der Waals surface area contributed by atoms with Gasteiger partial charge in [-0.05, 0) is 43.9 Å². The van der Waals surface area contributed by atoms with Gasteiger partial charge in [0.05, 0.1) is 0 Å². The van der Waals surface area contributed by atoms with Crippen molar-refractivity contribution < 1.29 is 9.21 Å². The zero-order chi connectivity index (χ0) is 20.1. The lowest BCUT2D eigenvalue weighted by atomic mass is 10.0. The minimum Gasteiger partial charge on any atom is -0.406 e. The second-order valence-corrected chi connectivity index (χ2v) is 7.55. The molecule has 1 aliphatic rings. The predicted molar refractivity (Wildman–Crippen MR) is 112 cm³/mol. The Labute approximate surface area is 170 Å². The fourth-order valence-corrected chi connectivity index (χ4v) is 3.58. The fraction of sp³-hybridized carbons (Fsp3) is 0.348. The quantitative estimate of drug-likeness (QED) is 0.687. The average molecular weight is 390 g/mol. The Bertz CT molecular complexity index is 931. The van der Waals surface area contributed by atoms with Gasteiger partial charge in [-0.25, -0.2) is 0 Å². The van der Waals surface area contributed by atoms with Gasteiger partial charge in [-0.1, -0.05) is 53.1 Å². The van der Waals surface area contributed by atoms with E-state index in [0.717, 1.165) is 37.1 Å². The van der Waals surface area contributed by atoms with Gasteiger partial charge in [0, 0.05) is 25.1 Å². The summed E-state index contributed by atoms with van der Waals surface area (Å²) < 4.78 is 6.00. The van der Waals surface area contributed by atoms with Crippen LogP contribution in [0.2, 0.25) is 0 Å². The molecule has 1 amide bonds. The van der Waals surface area contributed by atoms with E-state index < -0.39 is 6.04 Å². The van der Waals surface area contributed by atoms with E-state index >= 15 is 0 Å². The lowest BCUT2D eigenvalue weighted by Gasteiger charge is -2.24. The predicted octanol–water partition coefficient (Wildman–Crippen LogP) is 4.08. The van der Waals surface area contributed by atoms with Gasteiger partial charge < -0.3 is 14.6 Å². The van der Waals surface area contributed by atoms with Crippen LogP contribution in [0, 0.1) is 6.92 Å². The standard InChI is InChI=1S/C23H26N4O2/c1-17-10-12-19(13-11-17)21(28)24-20(16-18-8-4-2-5-9-18)22-25-26-23(29-22)27-14-6-3-7-15-27/h2,4-5,8-13,20H,3,6-7,14-16H2,1H3,(H,24,28)/t20-/m1/s1. The van der Waals surface area contributed by atoms with Crippen LogP contribution in [0.15, 0.2) is 59.0 Å². The molecule has 0 unspecified atom stereocenters. The van der Waals surface area contributed by atoms with Crippen molar-refractivity contribution in [2.24, 2.45) is 0 Å². The minimum atomic E-state index is -0.391. The molecule has 1 aliphatic heterocycles. The molecule has 1 saturated heterocycles. The van der Waals surface area contributed by atoms with Crippen LogP contribution in [0.4, 0.5) is 6.01 Å². The number of aryl methyl sites for hydroxylation is 1. The zero-order valence-electron chi connectivity index (χ0n) is 16.7. The average Bonchev–Trinajstić information content (AvgIpc) is 3.25. The minimum absolute atomic E-state index is 0.149. The molecule has 3 aromatic rings. The highest BCUT2D eigenvalue weighted by Crippen LogP contribution is 2.24. The highest BCUT2D eigenvalue weighted by Gasteiger charge is 2.24. The summed E-state index contributed by atoms with van der Waals surface area (Å²) in [4.78, 5) is 15.0. The number of hydrogen-bond acceptors (Lipinski definition) is 5. The van der Waals surface area contributed by atoms with Gasteiger partial charge in [-0.3, -0.25) is 4.79 Å². The van der Waals surface area contributed by atoms with Crippen molar-refractivity contribution in [3.63, 3.8) is 0 Å². The van der Waals surface area contributed by atoms with Gasteiger partial charge in [0.25, 0.3) is 5.91 Å². The normalized spacial score (nSPS) is 15.1. The molecule has 2 aromatic carbocycles. The Balaban J connectivity index is 1.55. The molecule has 4 rings (SSSR count). The lowest BCUT2D eigenvalue weighted by molar-refractivity contribution is 0.0930. The summed E-state index contributed by atoms with van der Waals surface area (Å²) >= 11 is 0. The number of nitrogens with one attached hydrogen (secondary N) is 1. The first-order chi connectivity index (χ1) is 14.2. The van der Waals surface area contributed by atoms with Crippen molar-refractivity contribution in [1.82, 2.24) is 15.5 Å². The van der Waals surface area contributed by atoms with Gasteiger partial charge in [-0.2, -0.15) is 0 Å². The second-order valence-electron chi connectivity index (χ2n) is 7.55. The summed E-state index contributed by atoms with van der Waals surface area (Å²) in [6.45, 7) is 3.86. The summed E-state index contributed by atoms with van der Waals surface area (Å²) in [6.07, 6.45) is 4.09. The van der Waals surface area contributed by atoms with Crippen LogP contribution in [0.5, 0.6) is 0 Å². The monoisotopic (exact) mass is 390 g/mol. The molecule has 6 nitrogen and oxygen atoms in total. The third-order valence-corrected chi connectivity index (χ3v) is 5.26. The van der Waals surface area contributed by atoms with Crippen molar-refractivity contribution in [3.05, 3.63) is 77.2 Å². The molecule has 0 bridgehead atoms. The molecule has 6 heteroatoms. The summed E-state index contributed by atoms with van der Waals surface area (Å²) in [5.74, 6) is 0.290. The summed E-state index contributed by atoms with van der Waals surface area (Å²) in [5.41, 5.74) is 2.83. The number of hydrogen-bond donors (Lipinski definition) is 1. The van der Waals surface area contributed by atoms with Crippen molar-refractivity contribution >= 4 is 11.9 Å². The van der Waals surface area contributed by atoms with Crippen LogP contribution in [0.3, 0.4) is 0 Å². The van der Waals surface area contributed by atoms with E-state index in [-0.39, 0.29) is 5.91 Å². The highest BCUT2D eigenvalue weighted by atomic mass is 16.4. The zero-order valence-corrected chi connectivity index (χ0v) is 16.7. The van der Waals surface area contributed by atoms with Crippen molar-refractivity contribution in [1.29, 1.82) is 0 Å². The number of rotatable bonds is 6. The Morgan fingerprint density at radius 2 is 1.76 bits per heavy atom. The third kappa shape index (κ3) is 4.83. The molecule has 0 saturated carbocycles. The molecule has 150 valence electrons. The first-order valence-electron chi connectivity index (χ1n) is 10.2. The van der Waals surface area contributed by atoms with E-state index in [1.165, 1.54) is 6.42 Å². The van der Waals surface area contributed by atoms with E-state index in [4.69, 9.17) is 4.42 Å². The summed E-state index contributed by atoms with van der Waals surface area (Å²) in [6, 6.07) is 17.7. The molecule has 1 atom stereocenters. The van der Waals surface area contributed by atoms with Crippen molar-refractivity contribution in [2.45, 2.75) is 38.6 Å². The SMILES string of the molecule is Cc1ccc(C(=O)N[C@H](Cc2ccccc2)c2nnc(N3CCCCC3)o2)cc1. The van der Waals surface area contributed by atoms with Crippen molar-refractivity contribution in [3.8, 4) is 0 Å². The smallest absolute Gasteiger partial charge is 0.318 e. The van der Waals surface area contributed by atoms with Crippen LogP contribution in [-0.2, 0) is 6.42 Å². The van der Waals surface area contributed by atoms with Gasteiger partial charge >= 0.3 is 6.01 Å². The highest BCUT2D eigenvalue weighted by molar-refractivity contribution is 5.94. The molecule has 0 aliphatic carbocycles. The largest absolute Gasteiger partial charge is 0.406 e. The van der Waals surface area contributed by atoms with Crippen LogP contribution < -0.4 is 10.2 Å². The van der Waals surface area contributed by atoms with Crippen LogP contribution in [0.25, 0.3) is 0 Å². The maximum Gasteiger partial charge on any atom is 0.318 e. The van der Waals surface area contributed by atoms with E-state index in [2.05, 4.69) is 20.4 Å². The molecule has 29 heavy (non-hydrogen) atoms. The van der Waals surface area contributed by atoms with E-state index in [1.807, 2.05) is 61.5 Å². The van der Waals surface area contributed by atoms with Gasteiger partial charge in [-0.15, -0.1) is 5.10 Å². The number of nitrogens with zero attached hydrogens (tertiary/aromatic N) is 3. The first kappa shape index (κ1) is 19.2. The molecular weight excluding hydrogens is 364 g/mol. The number of carbonyl (C=O) groups excluding carboxylic acids is 1. The molecular formula is C23H26N4O2. The molecule has 0 radical (unpaired) electrons. The maximum atomic E-state index is 12.8. The van der Waals surface area contributed by atoms with Gasteiger partial charge in [0.2, 0.25) is 5.89 Å². The Morgan fingerprint density at radius 1 is 1.03 bits per heavy atom. The van der Waals surface area contributed by atoms with E-state index in [1.54, 1.807) is 0 Å². The molecule has 2 heterocycles. The van der Waals surface area contributed by atoms with E-state index in [0.29, 0.717) is 23.9 Å². The third-order valence-electron chi connectivity index (χ3n) is 5.26. The van der Waals surface area contributed by atoms with Gasteiger partial charge in [0.15, 0.2) is 0 Å². The Kier molecular flexibility index (Phi) is 5.89. The number of piperidine rings is 1. The maximum absolute atomic E-state index is 12.8. The lowest BCUT2D eigenvalue weighted by Crippen LogP contribution is -2.30. The summed E-state index contributed by atoms with van der Waals surface area (Å²) in [7, 11) is 0. The first-order valence-corrected chi connectivity index (χ1v) is 10.2. The molecule has 1 fully saturated rings. The van der Waals surface area contributed by atoms with Crippen LogP contribution >= 0.6 is 0 Å². The van der Waals surface area contributed by atoms with Crippen LogP contribution in [0.1, 0.15) is 52.7 Å². The molecule has 0 spiro atoms. The number of amides is 1. The topological polar surface area (TPSA) is 71.3 Å². The number of anilines is 1. The van der Waals surface area contributed by atoms with E-state index in [9.17, 15) is 4.79 Å². The van der Waals surface area contributed by atoms with Crippen molar-refractivity contribution in [2.75, 3.05) is 18.0 Å². The second kappa shape index (κ2) is 8.90.